The van der Waals surface area contributed by atoms with Crippen LogP contribution in [0.4, 0.5) is 0 Å². The summed E-state index contributed by atoms with van der Waals surface area (Å²) < 4.78 is 7.80. The van der Waals surface area contributed by atoms with Gasteiger partial charge >= 0.3 is 0 Å². The van der Waals surface area contributed by atoms with E-state index in [1.54, 1.807) is 14.0 Å². The van der Waals surface area contributed by atoms with Crippen LogP contribution in [0, 0.1) is 0 Å². The first kappa shape index (κ1) is 13.7. The maximum atomic E-state index is 10.1. The third-order valence-corrected chi connectivity index (χ3v) is 3.42. The summed E-state index contributed by atoms with van der Waals surface area (Å²) in [5.41, 5.74) is 1.15. The van der Waals surface area contributed by atoms with Crippen molar-refractivity contribution in [3.63, 3.8) is 0 Å². The standard InChI is InChI=1S/C11H19BrN2O2/c1-5-8-10(12)9(14(3)13-8)6-11(2,15)7-16-4/h15H,5-7H2,1-4H3. The number of nitrogens with zero attached hydrogens (tertiary/aromatic N) is 2. The van der Waals surface area contributed by atoms with Crippen molar-refractivity contribution in [2.75, 3.05) is 13.7 Å². The van der Waals surface area contributed by atoms with Gasteiger partial charge in [0, 0.05) is 20.6 Å². The van der Waals surface area contributed by atoms with Crippen LogP contribution in [0.1, 0.15) is 25.2 Å². The SMILES string of the molecule is CCc1nn(C)c(CC(C)(O)COC)c1Br. The minimum Gasteiger partial charge on any atom is -0.387 e. The summed E-state index contributed by atoms with van der Waals surface area (Å²) in [6.45, 7) is 4.14. The molecule has 1 N–H and O–H groups in total. The number of hydrogen-bond donors (Lipinski definition) is 1. The van der Waals surface area contributed by atoms with Gasteiger partial charge in [-0.25, -0.2) is 0 Å². The van der Waals surface area contributed by atoms with Gasteiger partial charge < -0.3 is 9.84 Å². The van der Waals surface area contributed by atoms with Crippen LogP contribution in [0.5, 0.6) is 0 Å². The Bertz CT molecular complexity index is 361. The Morgan fingerprint density at radius 1 is 1.56 bits per heavy atom. The largest absolute Gasteiger partial charge is 0.387 e. The molecule has 4 nitrogen and oxygen atoms in total. The van der Waals surface area contributed by atoms with Crippen molar-refractivity contribution in [3.05, 3.63) is 15.9 Å². The maximum Gasteiger partial charge on any atom is 0.0907 e. The molecule has 0 fully saturated rings. The van der Waals surface area contributed by atoms with Gasteiger partial charge in [0.1, 0.15) is 0 Å². The van der Waals surface area contributed by atoms with E-state index in [2.05, 4.69) is 28.0 Å². The number of aryl methyl sites for hydroxylation is 2. The molecule has 92 valence electrons. The fourth-order valence-electron chi connectivity index (χ4n) is 1.73. The van der Waals surface area contributed by atoms with Gasteiger partial charge in [-0.1, -0.05) is 6.92 Å². The fourth-order valence-corrected chi connectivity index (χ4v) is 2.49. The quantitative estimate of drug-likeness (QED) is 0.898. The summed E-state index contributed by atoms with van der Waals surface area (Å²) in [5, 5.41) is 14.5. The average Bonchev–Trinajstić information content (AvgIpc) is 2.45. The van der Waals surface area contributed by atoms with Gasteiger partial charge in [0.25, 0.3) is 0 Å². The molecule has 0 amide bonds. The molecular formula is C11H19BrN2O2. The molecule has 16 heavy (non-hydrogen) atoms. The van der Waals surface area contributed by atoms with Crippen molar-refractivity contribution in [2.45, 2.75) is 32.3 Å². The van der Waals surface area contributed by atoms with Crippen LogP contribution in [-0.4, -0.2) is 34.2 Å². The highest BCUT2D eigenvalue weighted by molar-refractivity contribution is 9.10. The number of aromatic nitrogens is 2. The normalized spacial score (nSPS) is 15.1. The zero-order chi connectivity index (χ0) is 12.3. The number of hydrogen-bond acceptors (Lipinski definition) is 3. The zero-order valence-electron chi connectivity index (χ0n) is 10.2. The molecular weight excluding hydrogens is 272 g/mol. The minimum absolute atomic E-state index is 0.312. The number of methoxy groups -OCH3 is 1. The minimum atomic E-state index is -0.865. The number of ether oxygens (including phenoxy) is 1. The van der Waals surface area contributed by atoms with Crippen LogP contribution in [0.25, 0.3) is 0 Å². The first-order valence-corrected chi connectivity index (χ1v) is 6.12. The second-order valence-electron chi connectivity index (χ2n) is 4.29. The lowest BCUT2D eigenvalue weighted by atomic mass is 10.0. The molecule has 1 aromatic rings. The van der Waals surface area contributed by atoms with Crippen LogP contribution in [0.3, 0.4) is 0 Å². The third kappa shape index (κ3) is 3.06. The number of aliphatic hydroxyl groups is 1. The molecule has 0 aromatic carbocycles. The Morgan fingerprint density at radius 3 is 2.62 bits per heavy atom. The van der Waals surface area contributed by atoms with Crippen molar-refractivity contribution in [1.82, 2.24) is 9.78 Å². The summed E-state index contributed by atoms with van der Waals surface area (Å²) in [6, 6.07) is 0. The molecule has 1 rings (SSSR count). The maximum absolute atomic E-state index is 10.1. The summed E-state index contributed by atoms with van der Waals surface area (Å²) in [6.07, 6.45) is 1.39. The van der Waals surface area contributed by atoms with Crippen molar-refractivity contribution in [2.24, 2.45) is 7.05 Å². The fraction of sp³-hybridized carbons (Fsp3) is 0.727. The van der Waals surface area contributed by atoms with Crippen molar-refractivity contribution >= 4 is 15.9 Å². The number of rotatable bonds is 5. The van der Waals surface area contributed by atoms with Gasteiger partial charge in [-0.2, -0.15) is 5.10 Å². The van der Waals surface area contributed by atoms with Crippen LogP contribution in [-0.2, 0) is 24.6 Å². The Balaban J connectivity index is 2.92. The molecule has 1 unspecified atom stereocenters. The molecule has 0 saturated heterocycles. The summed E-state index contributed by atoms with van der Waals surface area (Å²) in [5.74, 6) is 0. The molecule has 0 aliphatic carbocycles. The van der Waals surface area contributed by atoms with E-state index < -0.39 is 5.60 Å². The second kappa shape index (κ2) is 5.29. The summed E-state index contributed by atoms with van der Waals surface area (Å²) in [7, 11) is 3.48. The van der Waals surface area contributed by atoms with Gasteiger partial charge in [0.2, 0.25) is 0 Å². The highest BCUT2D eigenvalue weighted by Gasteiger charge is 2.25. The summed E-state index contributed by atoms with van der Waals surface area (Å²) >= 11 is 3.53. The predicted octanol–water partition coefficient (Wildman–Crippen LogP) is 1.68. The van der Waals surface area contributed by atoms with Gasteiger partial charge in [-0.3, -0.25) is 4.68 Å². The molecule has 1 atom stereocenters. The molecule has 0 bridgehead atoms. The van der Waals surface area contributed by atoms with Gasteiger partial charge in [-0.05, 0) is 29.3 Å². The van der Waals surface area contributed by atoms with Crippen LogP contribution < -0.4 is 0 Å². The molecule has 5 heteroatoms. The van der Waals surface area contributed by atoms with E-state index in [-0.39, 0.29) is 0 Å². The molecule has 1 aromatic heterocycles. The van der Waals surface area contributed by atoms with E-state index in [0.717, 1.165) is 22.3 Å². The van der Waals surface area contributed by atoms with E-state index >= 15 is 0 Å². The monoisotopic (exact) mass is 290 g/mol. The van der Waals surface area contributed by atoms with Crippen molar-refractivity contribution < 1.29 is 9.84 Å². The average molecular weight is 291 g/mol. The zero-order valence-corrected chi connectivity index (χ0v) is 11.8. The molecule has 0 saturated carbocycles. The molecule has 0 aliphatic rings. The van der Waals surface area contributed by atoms with Crippen molar-refractivity contribution in [1.29, 1.82) is 0 Å². The molecule has 0 spiro atoms. The second-order valence-corrected chi connectivity index (χ2v) is 5.08. The van der Waals surface area contributed by atoms with Gasteiger partial charge in [-0.15, -0.1) is 0 Å². The Kier molecular flexibility index (Phi) is 4.52. The first-order chi connectivity index (χ1) is 7.41. The molecule has 0 radical (unpaired) electrons. The smallest absolute Gasteiger partial charge is 0.0907 e. The predicted molar refractivity (Wildman–Crippen MR) is 66.5 cm³/mol. The van der Waals surface area contributed by atoms with Crippen molar-refractivity contribution in [3.8, 4) is 0 Å². The van der Waals surface area contributed by atoms with E-state index in [1.807, 2.05) is 11.7 Å². The summed E-state index contributed by atoms with van der Waals surface area (Å²) in [4.78, 5) is 0. The van der Waals surface area contributed by atoms with E-state index in [0.29, 0.717) is 13.0 Å². The Labute approximate surface area is 105 Å². The third-order valence-electron chi connectivity index (χ3n) is 2.51. The van der Waals surface area contributed by atoms with Crippen LogP contribution in [0.2, 0.25) is 0 Å². The molecule has 0 aliphatic heterocycles. The lowest BCUT2D eigenvalue weighted by molar-refractivity contribution is -0.0174. The molecule has 1 heterocycles. The highest BCUT2D eigenvalue weighted by atomic mass is 79.9. The van der Waals surface area contributed by atoms with Gasteiger partial charge in [0.05, 0.1) is 28.1 Å². The van der Waals surface area contributed by atoms with E-state index in [1.165, 1.54) is 0 Å². The van der Waals surface area contributed by atoms with Crippen LogP contribution in [0.15, 0.2) is 4.47 Å². The first-order valence-electron chi connectivity index (χ1n) is 5.33. The highest BCUT2D eigenvalue weighted by Crippen LogP contribution is 2.25. The lowest BCUT2D eigenvalue weighted by Gasteiger charge is -2.22. The Morgan fingerprint density at radius 2 is 2.19 bits per heavy atom. The van der Waals surface area contributed by atoms with Gasteiger partial charge in [0.15, 0.2) is 0 Å². The van der Waals surface area contributed by atoms with E-state index in [9.17, 15) is 5.11 Å². The van der Waals surface area contributed by atoms with E-state index in [4.69, 9.17) is 4.74 Å². The number of halogens is 1. The lowest BCUT2D eigenvalue weighted by Crippen LogP contribution is -2.33. The topological polar surface area (TPSA) is 47.3 Å². The Hall–Kier alpha value is -0.390. The van der Waals surface area contributed by atoms with Crippen LogP contribution >= 0.6 is 15.9 Å².